The minimum absolute atomic E-state index is 0.186. The van der Waals surface area contributed by atoms with Gasteiger partial charge >= 0.3 is 5.97 Å². The molecule has 2 aromatic carbocycles. The number of fused-ring (bicyclic) bond motifs is 1. The van der Waals surface area contributed by atoms with Crippen molar-refractivity contribution in [2.45, 2.75) is 5.92 Å². The number of carbonyl (C=O) groups is 1. The maximum Gasteiger partial charge on any atom is 0.337 e. The molecule has 28 heavy (non-hydrogen) atoms. The highest BCUT2D eigenvalue weighted by Crippen LogP contribution is 2.52. The number of carbonyl (C=O) groups excluding carboxylic acids is 1. The third-order valence-electron chi connectivity index (χ3n) is 5.06. The minimum Gasteiger partial charge on any atom is -0.497 e. The van der Waals surface area contributed by atoms with Gasteiger partial charge in [0.25, 0.3) is 0 Å². The fourth-order valence-corrected chi connectivity index (χ4v) is 3.78. The van der Waals surface area contributed by atoms with Crippen molar-refractivity contribution in [3.63, 3.8) is 0 Å². The summed E-state index contributed by atoms with van der Waals surface area (Å²) in [6.45, 7) is 0.186. The Morgan fingerprint density at radius 1 is 0.929 bits per heavy atom. The van der Waals surface area contributed by atoms with Gasteiger partial charge in [-0.3, -0.25) is 0 Å². The van der Waals surface area contributed by atoms with Gasteiger partial charge < -0.3 is 29.0 Å². The Morgan fingerprint density at radius 2 is 1.57 bits per heavy atom. The monoisotopic (exact) mass is 383 g/mol. The SMILES string of the molecule is COc1cc(OC)cc(C2C3=C(COC3=O)Nc3c(OC)ccc(OC)c32)c1. The second-order valence-corrected chi connectivity index (χ2v) is 6.43. The molecular weight excluding hydrogens is 362 g/mol. The zero-order valence-electron chi connectivity index (χ0n) is 16.1. The van der Waals surface area contributed by atoms with E-state index in [4.69, 9.17) is 23.7 Å². The predicted molar refractivity (Wildman–Crippen MR) is 103 cm³/mol. The van der Waals surface area contributed by atoms with Gasteiger partial charge in [-0.2, -0.15) is 0 Å². The fraction of sp³-hybridized carbons (Fsp3) is 0.286. The maximum atomic E-state index is 12.6. The first-order chi connectivity index (χ1) is 13.6. The molecule has 4 rings (SSSR count). The summed E-state index contributed by atoms with van der Waals surface area (Å²) >= 11 is 0. The number of ether oxygens (including phenoxy) is 5. The van der Waals surface area contributed by atoms with E-state index in [1.54, 1.807) is 34.5 Å². The largest absolute Gasteiger partial charge is 0.497 e. The highest BCUT2D eigenvalue weighted by molar-refractivity contribution is 5.98. The lowest BCUT2D eigenvalue weighted by atomic mass is 9.80. The Labute approximate surface area is 162 Å². The summed E-state index contributed by atoms with van der Waals surface area (Å²) in [5, 5.41) is 3.31. The van der Waals surface area contributed by atoms with Crippen LogP contribution in [0.3, 0.4) is 0 Å². The molecule has 146 valence electrons. The lowest BCUT2D eigenvalue weighted by Crippen LogP contribution is -2.21. The van der Waals surface area contributed by atoms with Crippen LogP contribution in [-0.2, 0) is 9.53 Å². The summed E-state index contributed by atoms with van der Waals surface area (Å²) in [5.41, 5.74) is 3.66. The lowest BCUT2D eigenvalue weighted by Gasteiger charge is -2.30. The second-order valence-electron chi connectivity index (χ2n) is 6.43. The zero-order valence-corrected chi connectivity index (χ0v) is 16.1. The first kappa shape index (κ1) is 18.0. The third kappa shape index (κ3) is 2.70. The average Bonchev–Trinajstić information content (AvgIpc) is 3.11. The van der Waals surface area contributed by atoms with Gasteiger partial charge in [-0.15, -0.1) is 0 Å². The summed E-state index contributed by atoms with van der Waals surface area (Å²) in [5.74, 6) is 1.78. The van der Waals surface area contributed by atoms with E-state index in [9.17, 15) is 4.79 Å². The van der Waals surface area contributed by atoms with Gasteiger partial charge in [0.15, 0.2) is 0 Å². The molecule has 0 radical (unpaired) electrons. The van der Waals surface area contributed by atoms with E-state index in [1.807, 2.05) is 24.3 Å². The number of nitrogens with one attached hydrogen (secondary N) is 1. The molecule has 0 bridgehead atoms. The van der Waals surface area contributed by atoms with Crippen molar-refractivity contribution in [1.82, 2.24) is 0 Å². The Bertz CT molecular complexity index is 959. The van der Waals surface area contributed by atoms with E-state index in [0.717, 1.165) is 22.5 Å². The van der Waals surface area contributed by atoms with Crippen LogP contribution in [0, 0.1) is 0 Å². The van der Waals surface area contributed by atoms with E-state index in [2.05, 4.69) is 5.32 Å². The van der Waals surface area contributed by atoms with Crippen LogP contribution >= 0.6 is 0 Å². The molecule has 1 N–H and O–H groups in total. The highest BCUT2D eigenvalue weighted by atomic mass is 16.5. The summed E-state index contributed by atoms with van der Waals surface area (Å²) in [6.07, 6.45) is 0. The summed E-state index contributed by atoms with van der Waals surface area (Å²) in [4.78, 5) is 12.6. The zero-order chi connectivity index (χ0) is 19.8. The van der Waals surface area contributed by atoms with Gasteiger partial charge in [0.2, 0.25) is 0 Å². The van der Waals surface area contributed by atoms with Gasteiger partial charge in [0.05, 0.1) is 45.4 Å². The Balaban J connectivity index is 2.01. The lowest BCUT2D eigenvalue weighted by molar-refractivity contribution is -0.136. The number of benzene rings is 2. The van der Waals surface area contributed by atoms with Gasteiger partial charge in [-0.1, -0.05) is 0 Å². The van der Waals surface area contributed by atoms with Crippen molar-refractivity contribution in [3.05, 3.63) is 52.7 Å². The first-order valence-corrected chi connectivity index (χ1v) is 8.76. The Kier molecular flexibility index (Phi) is 4.50. The van der Waals surface area contributed by atoms with Crippen LogP contribution in [0.25, 0.3) is 0 Å². The van der Waals surface area contributed by atoms with Crippen molar-refractivity contribution in [2.75, 3.05) is 40.4 Å². The van der Waals surface area contributed by atoms with Gasteiger partial charge in [0.1, 0.15) is 29.6 Å². The van der Waals surface area contributed by atoms with Crippen molar-refractivity contribution in [2.24, 2.45) is 0 Å². The molecule has 2 aromatic rings. The van der Waals surface area contributed by atoms with E-state index >= 15 is 0 Å². The predicted octanol–water partition coefficient (Wildman–Crippen LogP) is 3.09. The normalized spacial score (nSPS) is 17.3. The molecule has 0 amide bonds. The standard InChI is InChI=1S/C21H21NO6/c1-24-12-7-11(8-13(9-12)25-2)17-18-14(10-28-21(18)23)22-20-16(27-4)6-5-15(26-3)19(17)20/h5-9,17,22H,10H2,1-4H3. The molecule has 0 saturated carbocycles. The summed E-state index contributed by atoms with van der Waals surface area (Å²) in [7, 11) is 6.38. The van der Waals surface area contributed by atoms with E-state index in [0.29, 0.717) is 28.6 Å². The molecule has 2 aliphatic rings. The van der Waals surface area contributed by atoms with Crippen molar-refractivity contribution < 1.29 is 28.5 Å². The van der Waals surface area contributed by atoms with Crippen molar-refractivity contribution in [3.8, 4) is 23.0 Å². The van der Waals surface area contributed by atoms with Crippen molar-refractivity contribution >= 4 is 11.7 Å². The van der Waals surface area contributed by atoms with Crippen LogP contribution in [0.1, 0.15) is 17.0 Å². The van der Waals surface area contributed by atoms with Crippen LogP contribution < -0.4 is 24.3 Å². The van der Waals surface area contributed by atoms with E-state index in [-0.39, 0.29) is 12.6 Å². The number of rotatable bonds is 5. The molecular formula is C21H21NO6. The number of esters is 1. The molecule has 1 unspecified atom stereocenters. The fourth-order valence-electron chi connectivity index (χ4n) is 3.78. The van der Waals surface area contributed by atoms with Gasteiger partial charge in [-0.25, -0.2) is 4.79 Å². The second kappa shape index (κ2) is 6.99. The molecule has 0 aromatic heterocycles. The van der Waals surface area contributed by atoms with Gasteiger partial charge in [-0.05, 0) is 29.8 Å². The maximum absolute atomic E-state index is 12.6. The summed E-state index contributed by atoms with van der Waals surface area (Å²) in [6, 6.07) is 9.22. The van der Waals surface area contributed by atoms with E-state index in [1.165, 1.54) is 0 Å². The number of methoxy groups -OCH3 is 4. The van der Waals surface area contributed by atoms with Gasteiger partial charge in [0, 0.05) is 17.5 Å². The number of hydrogen-bond acceptors (Lipinski definition) is 7. The van der Waals surface area contributed by atoms with Crippen LogP contribution in [0.5, 0.6) is 23.0 Å². The van der Waals surface area contributed by atoms with Crippen LogP contribution in [-0.4, -0.2) is 41.0 Å². The molecule has 0 spiro atoms. The number of hydrogen-bond donors (Lipinski definition) is 1. The molecule has 1 atom stereocenters. The van der Waals surface area contributed by atoms with Crippen molar-refractivity contribution in [1.29, 1.82) is 0 Å². The molecule has 0 saturated heterocycles. The molecule has 0 fully saturated rings. The summed E-state index contributed by atoms with van der Waals surface area (Å²) < 4.78 is 27.4. The molecule has 0 aliphatic carbocycles. The van der Waals surface area contributed by atoms with Crippen LogP contribution in [0.15, 0.2) is 41.6 Å². The quantitative estimate of drug-likeness (QED) is 0.795. The first-order valence-electron chi connectivity index (χ1n) is 8.76. The van der Waals surface area contributed by atoms with E-state index < -0.39 is 5.92 Å². The third-order valence-corrected chi connectivity index (χ3v) is 5.06. The molecule has 7 nitrogen and oxygen atoms in total. The molecule has 7 heteroatoms. The smallest absolute Gasteiger partial charge is 0.337 e. The van der Waals surface area contributed by atoms with Crippen LogP contribution in [0.2, 0.25) is 0 Å². The number of cyclic esters (lactones) is 1. The van der Waals surface area contributed by atoms with Crippen LogP contribution in [0.4, 0.5) is 5.69 Å². The minimum atomic E-state index is -0.421. The number of anilines is 1. The highest BCUT2D eigenvalue weighted by Gasteiger charge is 2.41. The Hall–Kier alpha value is -3.35. The molecule has 2 heterocycles. The molecule has 2 aliphatic heterocycles. The Morgan fingerprint density at radius 3 is 2.18 bits per heavy atom. The topological polar surface area (TPSA) is 75.3 Å². The average molecular weight is 383 g/mol.